The molecule has 0 unspecified atom stereocenters. The van der Waals surface area contributed by atoms with Crippen LogP contribution in [0.15, 0.2) is 48.5 Å². The van der Waals surface area contributed by atoms with Crippen molar-refractivity contribution in [3.05, 3.63) is 70.6 Å². The summed E-state index contributed by atoms with van der Waals surface area (Å²) in [6.45, 7) is 4.97. The first-order chi connectivity index (χ1) is 15.0. The number of piperidine rings is 1. The second-order valence-electron chi connectivity index (χ2n) is 8.13. The van der Waals surface area contributed by atoms with E-state index < -0.39 is 0 Å². The molecule has 0 aliphatic carbocycles. The lowest BCUT2D eigenvalue weighted by Gasteiger charge is -2.33. The SMILES string of the molecule is CCOC(=O)Cc1ccc2cc(Cl)n(C3CCN(CCc4ccccc4F)CC3)c2c1. The summed E-state index contributed by atoms with van der Waals surface area (Å²) in [4.78, 5) is 14.3. The van der Waals surface area contributed by atoms with Gasteiger partial charge in [-0.05, 0) is 55.5 Å². The van der Waals surface area contributed by atoms with Crippen molar-refractivity contribution < 1.29 is 13.9 Å². The zero-order chi connectivity index (χ0) is 21.8. The molecular formula is C25H28ClFN2O2. The van der Waals surface area contributed by atoms with E-state index in [0.29, 0.717) is 12.6 Å². The lowest BCUT2D eigenvalue weighted by molar-refractivity contribution is -0.142. The number of halogens is 2. The monoisotopic (exact) mass is 442 g/mol. The lowest BCUT2D eigenvalue weighted by Crippen LogP contribution is -2.36. The van der Waals surface area contributed by atoms with Crippen molar-refractivity contribution in [2.24, 2.45) is 0 Å². The van der Waals surface area contributed by atoms with E-state index in [1.54, 1.807) is 6.07 Å². The van der Waals surface area contributed by atoms with Gasteiger partial charge in [0.15, 0.2) is 0 Å². The van der Waals surface area contributed by atoms with Crippen molar-refractivity contribution >= 4 is 28.5 Å². The Morgan fingerprint density at radius 3 is 2.68 bits per heavy atom. The molecule has 1 aliphatic rings. The number of benzene rings is 2. The third kappa shape index (κ3) is 5.10. The predicted molar refractivity (Wildman–Crippen MR) is 122 cm³/mol. The Kier molecular flexibility index (Phi) is 6.93. The minimum absolute atomic E-state index is 0.124. The molecule has 4 nitrogen and oxygen atoms in total. The van der Waals surface area contributed by atoms with Gasteiger partial charge in [-0.1, -0.05) is 41.9 Å². The molecule has 0 radical (unpaired) electrons. The number of nitrogens with zero attached hydrogens (tertiary/aromatic N) is 2. The van der Waals surface area contributed by atoms with E-state index in [9.17, 15) is 9.18 Å². The molecule has 1 fully saturated rings. The third-order valence-electron chi connectivity index (χ3n) is 6.09. The smallest absolute Gasteiger partial charge is 0.310 e. The van der Waals surface area contributed by atoms with E-state index in [-0.39, 0.29) is 18.2 Å². The molecule has 1 aliphatic heterocycles. The van der Waals surface area contributed by atoms with Gasteiger partial charge in [-0.25, -0.2) is 4.39 Å². The first kappa shape index (κ1) is 21.8. The molecule has 0 saturated carbocycles. The van der Waals surface area contributed by atoms with E-state index in [4.69, 9.17) is 16.3 Å². The molecule has 3 aromatic rings. The van der Waals surface area contributed by atoms with Gasteiger partial charge in [0.25, 0.3) is 0 Å². The minimum Gasteiger partial charge on any atom is -0.466 e. The summed E-state index contributed by atoms with van der Waals surface area (Å²) < 4.78 is 21.2. The van der Waals surface area contributed by atoms with Gasteiger partial charge >= 0.3 is 5.97 Å². The van der Waals surface area contributed by atoms with Crippen molar-refractivity contribution in [2.45, 2.75) is 38.6 Å². The molecule has 0 bridgehead atoms. The maximum Gasteiger partial charge on any atom is 0.310 e. The van der Waals surface area contributed by atoms with Crippen LogP contribution in [0.1, 0.15) is 36.9 Å². The van der Waals surface area contributed by atoms with Gasteiger partial charge in [-0.15, -0.1) is 0 Å². The van der Waals surface area contributed by atoms with Gasteiger partial charge < -0.3 is 14.2 Å². The van der Waals surface area contributed by atoms with Crippen LogP contribution in [0.25, 0.3) is 10.9 Å². The van der Waals surface area contributed by atoms with Crippen molar-refractivity contribution in [1.82, 2.24) is 9.47 Å². The first-order valence-corrected chi connectivity index (χ1v) is 11.3. The van der Waals surface area contributed by atoms with Crippen LogP contribution >= 0.6 is 11.6 Å². The van der Waals surface area contributed by atoms with E-state index in [1.807, 2.05) is 37.3 Å². The van der Waals surface area contributed by atoms with Gasteiger partial charge in [0.2, 0.25) is 0 Å². The Balaban J connectivity index is 1.42. The number of likely N-dealkylation sites (tertiary alicyclic amines) is 1. The summed E-state index contributed by atoms with van der Waals surface area (Å²) in [5, 5.41) is 1.81. The highest BCUT2D eigenvalue weighted by Gasteiger charge is 2.23. The van der Waals surface area contributed by atoms with Crippen molar-refractivity contribution in [3.63, 3.8) is 0 Å². The quantitative estimate of drug-likeness (QED) is 0.458. The van der Waals surface area contributed by atoms with Crippen molar-refractivity contribution in [3.8, 4) is 0 Å². The fraction of sp³-hybridized carbons (Fsp3) is 0.400. The Bertz CT molecular complexity index is 1060. The van der Waals surface area contributed by atoms with Crippen LogP contribution in [-0.4, -0.2) is 41.7 Å². The molecule has 2 aromatic carbocycles. The number of ether oxygens (including phenoxy) is 1. The Hall–Kier alpha value is -2.37. The maximum atomic E-state index is 13.9. The Morgan fingerprint density at radius 2 is 1.94 bits per heavy atom. The number of carbonyl (C=O) groups is 1. The molecule has 31 heavy (non-hydrogen) atoms. The average Bonchev–Trinajstić information content (AvgIpc) is 3.09. The van der Waals surface area contributed by atoms with Gasteiger partial charge in [-0.2, -0.15) is 0 Å². The van der Waals surface area contributed by atoms with Crippen LogP contribution in [0.3, 0.4) is 0 Å². The summed E-state index contributed by atoms with van der Waals surface area (Å²) in [7, 11) is 0. The summed E-state index contributed by atoms with van der Waals surface area (Å²) in [6.07, 6.45) is 2.97. The number of esters is 1. The molecule has 0 amide bonds. The maximum absolute atomic E-state index is 13.9. The molecule has 2 heterocycles. The Labute approximate surface area is 187 Å². The standard InChI is InChI=1S/C25H28ClFN2O2/c1-2-31-25(30)16-18-7-8-20-17-24(26)29(23(20)15-18)21-10-13-28(14-11-21)12-9-19-5-3-4-6-22(19)27/h3-8,15,17,21H,2,9-14,16H2,1H3. The molecule has 4 rings (SSSR count). The largest absolute Gasteiger partial charge is 0.466 e. The predicted octanol–water partition coefficient (Wildman–Crippen LogP) is 5.42. The zero-order valence-electron chi connectivity index (χ0n) is 17.8. The van der Waals surface area contributed by atoms with Crippen LogP contribution < -0.4 is 0 Å². The molecular weight excluding hydrogens is 415 g/mol. The molecule has 0 atom stereocenters. The van der Waals surface area contributed by atoms with E-state index >= 15 is 0 Å². The summed E-state index contributed by atoms with van der Waals surface area (Å²) >= 11 is 6.62. The number of rotatable bonds is 7. The second-order valence-corrected chi connectivity index (χ2v) is 8.51. The summed E-state index contributed by atoms with van der Waals surface area (Å²) in [5.41, 5.74) is 2.78. The average molecular weight is 443 g/mol. The molecule has 0 spiro atoms. The zero-order valence-corrected chi connectivity index (χ0v) is 18.6. The minimum atomic E-state index is -0.214. The van der Waals surface area contributed by atoms with E-state index in [2.05, 4.69) is 15.5 Å². The lowest BCUT2D eigenvalue weighted by atomic mass is 10.0. The van der Waals surface area contributed by atoms with E-state index in [0.717, 1.165) is 66.1 Å². The topological polar surface area (TPSA) is 34.5 Å². The first-order valence-electron chi connectivity index (χ1n) is 11.0. The normalized spacial score (nSPS) is 15.5. The molecule has 1 aromatic heterocycles. The molecule has 1 saturated heterocycles. The van der Waals surface area contributed by atoms with Crippen molar-refractivity contribution in [2.75, 3.05) is 26.2 Å². The highest BCUT2D eigenvalue weighted by molar-refractivity contribution is 6.31. The summed E-state index contributed by atoms with van der Waals surface area (Å²) in [5.74, 6) is -0.337. The highest BCUT2D eigenvalue weighted by Crippen LogP contribution is 2.33. The van der Waals surface area contributed by atoms with Crippen molar-refractivity contribution in [1.29, 1.82) is 0 Å². The molecule has 164 valence electrons. The number of fused-ring (bicyclic) bond motifs is 1. The summed E-state index contributed by atoms with van der Waals surface area (Å²) in [6, 6.07) is 15.4. The van der Waals surface area contributed by atoms with Gasteiger partial charge in [0.1, 0.15) is 11.0 Å². The molecule has 0 N–H and O–H groups in total. The highest BCUT2D eigenvalue weighted by atomic mass is 35.5. The van der Waals surface area contributed by atoms with Crippen LogP contribution in [0.5, 0.6) is 0 Å². The second kappa shape index (κ2) is 9.84. The van der Waals surface area contributed by atoms with Crippen LogP contribution in [-0.2, 0) is 22.4 Å². The van der Waals surface area contributed by atoms with Gasteiger partial charge in [-0.3, -0.25) is 4.79 Å². The number of hydrogen-bond donors (Lipinski definition) is 0. The fourth-order valence-corrected chi connectivity index (χ4v) is 4.82. The van der Waals surface area contributed by atoms with Gasteiger partial charge in [0, 0.05) is 36.6 Å². The van der Waals surface area contributed by atoms with Crippen LogP contribution in [0.4, 0.5) is 4.39 Å². The third-order valence-corrected chi connectivity index (χ3v) is 6.38. The number of carbonyl (C=O) groups excluding carboxylic acids is 1. The molecule has 6 heteroatoms. The van der Waals surface area contributed by atoms with Gasteiger partial charge in [0.05, 0.1) is 13.0 Å². The Morgan fingerprint density at radius 1 is 1.16 bits per heavy atom. The fourth-order valence-electron chi connectivity index (χ4n) is 4.47. The number of aromatic nitrogens is 1. The van der Waals surface area contributed by atoms with E-state index in [1.165, 1.54) is 6.07 Å². The van der Waals surface area contributed by atoms with Crippen LogP contribution in [0.2, 0.25) is 5.15 Å². The van der Waals surface area contributed by atoms with Crippen LogP contribution in [0, 0.1) is 5.82 Å². The number of hydrogen-bond acceptors (Lipinski definition) is 3.